The molecule has 3 rings (SSSR count). The van der Waals surface area contributed by atoms with Crippen molar-refractivity contribution in [1.29, 1.82) is 10.5 Å². The second-order valence-corrected chi connectivity index (χ2v) is 7.90. The summed E-state index contributed by atoms with van der Waals surface area (Å²) in [4.78, 5) is 28.7. The highest BCUT2D eigenvalue weighted by molar-refractivity contribution is 7.12. The van der Waals surface area contributed by atoms with Gasteiger partial charge in [0.2, 0.25) is 5.41 Å². The van der Waals surface area contributed by atoms with Crippen LogP contribution in [0, 0.1) is 39.4 Å². The summed E-state index contributed by atoms with van der Waals surface area (Å²) in [6.45, 7) is 6.67. The highest BCUT2D eigenvalue weighted by Crippen LogP contribution is 2.78. The van der Waals surface area contributed by atoms with Crippen molar-refractivity contribution in [2.75, 3.05) is 0 Å². The molecule has 144 valence electrons. The molecule has 0 amide bonds. The van der Waals surface area contributed by atoms with Crippen LogP contribution >= 0.6 is 11.3 Å². The maximum Gasteiger partial charge on any atom is 0.421 e. The van der Waals surface area contributed by atoms with Crippen LogP contribution in [0.25, 0.3) is 0 Å². The fourth-order valence-corrected chi connectivity index (χ4v) is 4.18. The number of carbonyl (C=O) groups excluding carboxylic acids is 1. The Labute approximate surface area is 165 Å². The first-order chi connectivity index (χ1) is 13.2. The fraction of sp³-hybridized carbons (Fsp3) is 0.444. The number of hydrogen-bond acceptors (Lipinski definition) is 10. The molecule has 2 N–H and O–H groups in total. The standard InChI is InChI=1S/C18H18N6O3S/c1-10(2)23-26-18(27-24-11(3)4)17(9-20)14(13(25)12-6-5-7-28-12)16(17,8-19)15(21)22-18/h5-7,14H,1-4H3,(H2,21,22)/t14-,16-,17-/m0/s1. The average Bonchev–Trinajstić information content (AvgIpc) is 2.93. The van der Waals surface area contributed by atoms with Crippen LogP contribution < -0.4 is 5.73 Å². The number of nitrogens with two attached hydrogens (primary N) is 1. The third kappa shape index (κ3) is 2.28. The van der Waals surface area contributed by atoms with Gasteiger partial charge in [-0.25, -0.2) is 0 Å². The van der Waals surface area contributed by atoms with Crippen molar-refractivity contribution in [3.63, 3.8) is 0 Å². The molecule has 1 saturated carbocycles. The molecular weight excluding hydrogens is 380 g/mol. The topological polar surface area (TPSA) is 146 Å². The predicted octanol–water partition coefficient (Wildman–Crippen LogP) is 2.43. The normalized spacial score (nSPS) is 28.6. The molecule has 1 aliphatic carbocycles. The van der Waals surface area contributed by atoms with Gasteiger partial charge in [-0.1, -0.05) is 16.4 Å². The third-order valence-corrected chi connectivity index (χ3v) is 5.54. The number of nitrogens with zero attached hydrogens (tertiary/aromatic N) is 5. The largest absolute Gasteiger partial charge is 0.421 e. The maximum absolute atomic E-state index is 13.1. The van der Waals surface area contributed by atoms with E-state index in [-0.39, 0.29) is 5.84 Å². The number of carbonyl (C=O) groups is 1. The summed E-state index contributed by atoms with van der Waals surface area (Å²) < 4.78 is 0. The van der Waals surface area contributed by atoms with Gasteiger partial charge < -0.3 is 15.4 Å². The van der Waals surface area contributed by atoms with Crippen molar-refractivity contribution in [3.8, 4) is 12.1 Å². The molecule has 1 fully saturated rings. The van der Waals surface area contributed by atoms with Gasteiger partial charge in [0.15, 0.2) is 11.2 Å². The molecule has 2 aliphatic rings. The van der Waals surface area contributed by atoms with E-state index < -0.39 is 28.4 Å². The minimum absolute atomic E-state index is 0.209. The molecule has 0 unspecified atom stereocenters. The van der Waals surface area contributed by atoms with Gasteiger partial charge in [0.05, 0.1) is 34.4 Å². The SMILES string of the molecule is CC(C)=NOC1(ON=C(C)C)N=C(N)[C@]2(C#N)[C@H](C(=O)c3cccs3)[C@]12C#N. The lowest BCUT2D eigenvalue weighted by Gasteiger charge is -2.27. The number of fused-ring (bicyclic) bond motifs is 1. The smallest absolute Gasteiger partial charge is 0.386 e. The molecule has 2 heterocycles. The van der Waals surface area contributed by atoms with Crippen LogP contribution in [-0.2, 0) is 9.68 Å². The summed E-state index contributed by atoms with van der Waals surface area (Å²) in [6.07, 6.45) is 0. The highest BCUT2D eigenvalue weighted by atomic mass is 32.1. The molecule has 0 spiro atoms. The molecule has 1 aliphatic heterocycles. The summed E-state index contributed by atoms with van der Waals surface area (Å²) in [7, 11) is 0. The van der Waals surface area contributed by atoms with Crippen molar-refractivity contribution >= 4 is 34.4 Å². The van der Waals surface area contributed by atoms with Gasteiger partial charge in [-0.3, -0.25) is 4.79 Å². The average molecular weight is 398 g/mol. The van der Waals surface area contributed by atoms with Crippen LogP contribution in [0.3, 0.4) is 0 Å². The minimum Gasteiger partial charge on any atom is -0.386 e. The monoisotopic (exact) mass is 398 g/mol. The second kappa shape index (κ2) is 6.43. The molecule has 0 radical (unpaired) electrons. The number of thiophene rings is 1. The number of oxime groups is 2. The Hall–Kier alpha value is -3.24. The number of nitriles is 2. The quantitative estimate of drug-likeness (QED) is 0.337. The molecule has 0 bridgehead atoms. The van der Waals surface area contributed by atoms with E-state index in [9.17, 15) is 15.3 Å². The first kappa shape index (κ1) is 19.5. The number of aliphatic imine (C=N–C) groups is 1. The van der Waals surface area contributed by atoms with Gasteiger partial charge in [-0.05, 0) is 39.1 Å². The summed E-state index contributed by atoms with van der Waals surface area (Å²) in [6, 6.07) is 7.40. The lowest BCUT2D eigenvalue weighted by atomic mass is 9.94. The van der Waals surface area contributed by atoms with Gasteiger partial charge in [-0.15, -0.1) is 11.3 Å². The van der Waals surface area contributed by atoms with Crippen LogP contribution in [0.4, 0.5) is 0 Å². The van der Waals surface area contributed by atoms with E-state index in [1.165, 1.54) is 11.3 Å². The van der Waals surface area contributed by atoms with Crippen LogP contribution in [0.15, 0.2) is 32.8 Å². The van der Waals surface area contributed by atoms with E-state index in [4.69, 9.17) is 15.4 Å². The van der Waals surface area contributed by atoms with Crippen LogP contribution in [0.2, 0.25) is 0 Å². The Bertz CT molecular complexity index is 972. The Kier molecular flexibility index (Phi) is 4.48. The first-order valence-electron chi connectivity index (χ1n) is 8.37. The lowest BCUT2D eigenvalue weighted by Crippen LogP contribution is -2.42. The van der Waals surface area contributed by atoms with Gasteiger partial charge in [0, 0.05) is 0 Å². The molecule has 9 nitrogen and oxygen atoms in total. The van der Waals surface area contributed by atoms with Crippen molar-refractivity contribution < 1.29 is 14.5 Å². The van der Waals surface area contributed by atoms with Crippen molar-refractivity contribution in [3.05, 3.63) is 22.4 Å². The second-order valence-electron chi connectivity index (χ2n) is 6.95. The fourth-order valence-electron chi connectivity index (χ4n) is 3.49. The summed E-state index contributed by atoms with van der Waals surface area (Å²) in [5.41, 5.74) is 3.59. The van der Waals surface area contributed by atoms with Gasteiger partial charge >= 0.3 is 5.91 Å². The third-order valence-electron chi connectivity index (χ3n) is 4.66. The van der Waals surface area contributed by atoms with Crippen LogP contribution in [-0.4, -0.2) is 29.0 Å². The first-order valence-corrected chi connectivity index (χ1v) is 9.25. The Morgan fingerprint density at radius 2 is 1.82 bits per heavy atom. The molecule has 0 saturated heterocycles. The van der Waals surface area contributed by atoms with Gasteiger partial charge in [0.1, 0.15) is 5.84 Å². The van der Waals surface area contributed by atoms with E-state index in [0.717, 1.165) is 0 Å². The predicted molar refractivity (Wildman–Crippen MR) is 102 cm³/mol. The van der Waals surface area contributed by atoms with Crippen LogP contribution in [0.1, 0.15) is 37.4 Å². The Morgan fingerprint density at radius 3 is 2.25 bits per heavy atom. The minimum atomic E-state index is -2.15. The molecule has 10 heteroatoms. The van der Waals surface area contributed by atoms with Crippen LogP contribution in [0.5, 0.6) is 0 Å². The lowest BCUT2D eigenvalue weighted by molar-refractivity contribution is -0.262. The number of amidine groups is 1. The summed E-state index contributed by atoms with van der Waals surface area (Å²) in [5, 5.41) is 29.6. The van der Waals surface area contributed by atoms with Crippen molar-refractivity contribution in [2.24, 2.45) is 37.8 Å². The summed E-state index contributed by atoms with van der Waals surface area (Å²) in [5.74, 6) is -3.87. The molecular formula is C18H18N6O3S. The number of hydrogen-bond donors (Lipinski definition) is 1. The number of Topliss-reactive ketones (excluding diaryl/α,β-unsaturated/α-hetero) is 1. The maximum atomic E-state index is 13.1. The molecule has 1 aromatic heterocycles. The van der Waals surface area contributed by atoms with E-state index >= 15 is 0 Å². The summed E-state index contributed by atoms with van der Waals surface area (Å²) >= 11 is 1.21. The zero-order valence-corrected chi connectivity index (χ0v) is 16.6. The molecule has 0 aromatic carbocycles. The zero-order valence-electron chi connectivity index (χ0n) is 15.8. The van der Waals surface area contributed by atoms with E-state index in [1.54, 1.807) is 45.2 Å². The molecule has 1 aromatic rings. The molecule has 28 heavy (non-hydrogen) atoms. The van der Waals surface area contributed by atoms with E-state index in [1.807, 2.05) is 12.1 Å². The van der Waals surface area contributed by atoms with Crippen molar-refractivity contribution in [1.82, 2.24) is 0 Å². The van der Waals surface area contributed by atoms with Gasteiger partial charge in [0.25, 0.3) is 0 Å². The van der Waals surface area contributed by atoms with Crippen molar-refractivity contribution in [2.45, 2.75) is 33.6 Å². The van der Waals surface area contributed by atoms with E-state index in [2.05, 4.69) is 15.3 Å². The molecule has 3 atom stereocenters. The van der Waals surface area contributed by atoms with Gasteiger partial charge in [-0.2, -0.15) is 15.5 Å². The Balaban J connectivity index is 2.20. The Morgan fingerprint density at radius 1 is 1.21 bits per heavy atom. The highest BCUT2D eigenvalue weighted by Gasteiger charge is 2.97. The zero-order chi connectivity index (χ0) is 20.7. The van der Waals surface area contributed by atoms with E-state index in [0.29, 0.717) is 16.3 Å². The number of rotatable bonds is 6. The number of ketones is 1.